The molecule has 8 heteroatoms. The van der Waals surface area contributed by atoms with Crippen LogP contribution in [0.25, 0.3) is 10.1 Å². The van der Waals surface area contributed by atoms with E-state index >= 15 is 0 Å². The number of benzene rings is 1. The van der Waals surface area contributed by atoms with Gasteiger partial charge >= 0.3 is 0 Å². The van der Waals surface area contributed by atoms with Crippen molar-refractivity contribution >= 4 is 56.4 Å². The summed E-state index contributed by atoms with van der Waals surface area (Å²) in [6, 6.07) is 3.40. The number of thiophene rings is 1. The molecular formula is C12H10Cl2N2O3S. The third-order valence-electron chi connectivity index (χ3n) is 2.55. The van der Waals surface area contributed by atoms with E-state index in [1.807, 2.05) is 0 Å². The highest BCUT2D eigenvalue weighted by Crippen LogP contribution is 2.42. The SMILES string of the molecule is COc1ccc2c(Cl)c(C(=O)NCC(N)=O)sc2c1Cl. The smallest absolute Gasteiger partial charge is 0.263 e. The molecule has 0 bridgehead atoms. The lowest BCUT2D eigenvalue weighted by molar-refractivity contribution is -0.117. The van der Waals surface area contributed by atoms with Gasteiger partial charge in [0.1, 0.15) is 15.6 Å². The van der Waals surface area contributed by atoms with Crippen molar-refractivity contribution in [1.29, 1.82) is 0 Å². The molecule has 3 N–H and O–H groups in total. The van der Waals surface area contributed by atoms with E-state index in [0.717, 1.165) is 11.3 Å². The minimum Gasteiger partial charge on any atom is -0.495 e. The maximum Gasteiger partial charge on any atom is 0.263 e. The summed E-state index contributed by atoms with van der Waals surface area (Å²) in [6.45, 7) is -0.250. The molecule has 1 aromatic heterocycles. The molecule has 0 spiro atoms. The highest BCUT2D eigenvalue weighted by atomic mass is 35.5. The summed E-state index contributed by atoms with van der Waals surface area (Å²) in [6.07, 6.45) is 0. The first-order chi connectivity index (χ1) is 9.45. The molecule has 0 aliphatic heterocycles. The second-order valence-corrected chi connectivity index (χ2v) is 5.63. The topological polar surface area (TPSA) is 81.4 Å². The molecule has 20 heavy (non-hydrogen) atoms. The lowest BCUT2D eigenvalue weighted by Crippen LogP contribution is -2.32. The van der Waals surface area contributed by atoms with Crippen LogP contribution in [0.4, 0.5) is 0 Å². The molecule has 1 heterocycles. The van der Waals surface area contributed by atoms with Gasteiger partial charge in [-0.1, -0.05) is 23.2 Å². The van der Waals surface area contributed by atoms with Gasteiger partial charge in [-0.15, -0.1) is 11.3 Å². The molecule has 2 amide bonds. The van der Waals surface area contributed by atoms with Crippen LogP contribution in [0.3, 0.4) is 0 Å². The van der Waals surface area contributed by atoms with Crippen LogP contribution in [-0.2, 0) is 4.79 Å². The molecule has 0 atom stereocenters. The van der Waals surface area contributed by atoms with Crippen molar-refractivity contribution in [3.8, 4) is 5.75 Å². The lowest BCUT2D eigenvalue weighted by Gasteiger charge is -2.02. The number of hydrogen-bond donors (Lipinski definition) is 2. The van der Waals surface area contributed by atoms with Crippen LogP contribution in [0, 0.1) is 0 Å². The highest BCUT2D eigenvalue weighted by molar-refractivity contribution is 7.22. The van der Waals surface area contributed by atoms with Gasteiger partial charge in [-0.05, 0) is 12.1 Å². The average Bonchev–Trinajstić information content (AvgIpc) is 2.75. The van der Waals surface area contributed by atoms with E-state index in [0.29, 0.717) is 20.9 Å². The van der Waals surface area contributed by atoms with Crippen molar-refractivity contribution in [2.75, 3.05) is 13.7 Å². The average molecular weight is 333 g/mol. The van der Waals surface area contributed by atoms with E-state index in [1.54, 1.807) is 12.1 Å². The predicted molar refractivity (Wildman–Crippen MR) is 79.9 cm³/mol. The van der Waals surface area contributed by atoms with Crippen LogP contribution in [0.5, 0.6) is 5.75 Å². The molecule has 0 unspecified atom stereocenters. The van der Waals surface area contributed by atoms with Gasteiger partial charge in [0.25, 0.3) is 5.91 Å². The number of rotatable bonds is 4. The molecule has 106 valence electrons. The molecule has 1 aromatic carbocycles. The molecule has 0 fully saturated rings. The Labute approximate surface area is 128 Å². The maximum absolute atomic E-state index is 11.9. The van der Waals surface area contributed by atoms with Crippen molar-refractivity contribution in [3.63, 3.8) is 0 Å². The molecule has 2 aromatic rings. The zero-order chi connectivity index (χ0) is 14.9. The van der Waals surface area contributed by atoms with E-state index in [1.165, 1.54) is 7.11 Å². The van der Waals surface area contributed by atoms with Gasteiger partial charge < -0.3 is 15.8 Å². The quantitative estimate of drug-likeness (QED) is 0.902. The summed E-state index contributed by atoms with van der Waals surface area (Å²) in [5.74, 6) is -0.596. The van der Waals surface area contributed by atoms with Gasteiger partial charge in [-0.2, -0.15) is 0 Å². The standard InChI is InChI=1S/C12H10Cl2N2O3S/c1-19-6-3-2-5-8(13)11(20-10(5)9(6)14)12(18)16-4-7(15)17/h2-3H,4H2,1H3,(H2,15,17)(H,16,18). The van der Waals surface area contributed by atoms with Gasteiger partial charge in [-0.3, -0.25) is 9.59 Å². The number of methoxy groups -OCH3 is 1. The van der Waals surface area contributed by atoms with Gasteiger partial charge in [0.15, 0.2) is 0 Å². The largest absolute Gasteiger partial charge is 0.495 e. The molecule has 0 aliphatic rings. The summed E-state index contributed by atoms with van der Waals surface area (Å²) in [4.78, 5) is 22.9. The molecule has 0 saturated carbocycles. The van der Waals surface area contributed by atoms with Crippen LogP contribution in [-0.4, -0.2) is 25.5 Å². The van der Waals surface area contributed by atoms with E-state index in [2.05, 4.69) is 5.32 Å². The van der Waals surface area contributed by atoms with Gasteiger partial charge in [0.2, 0.25) is 5.91 Å². The summed E-state index contributed by atoms with van der Waals surface area (Å²) in [5.41, 5.74) is 4.97. The third kappa shape index (κ3) is 2.67. The first kappa shape index (κ1) is 14.9. The minimum absolute atomic E-state index is 0.250. The van der Waals surface area contributed by atoms with Crippen LogP contribution >= 0.6 is 34.5 Å². The van der Waals surface area contributed by atoms with Crippen molar-refractivity contribution in [1.82, 2.24) is 5.32 Å². The fourth-order valence-electron chi connectivity index (χ4n) is 1.63. The molecule has 0 aliphatic carbocycles. The molecule has 0 saturated heterocycles. The summed E-state index contributed by atoms with van der Waals surface area (Å²) in [5, 5.41) is 3.73. The Morgan fingerprint density at radius 2 is 2.05 bits per heavy atom. The maximum atomic E-state index is 11.9. The van der Waals surface area contributed by atoms with Crippen molar-refractivity contribution in [3.05, 3.63) is 27.1 Å². The Balaban J connectivity index is 2.45. The normalized spacial score (nSPS) is 10.6. The number of amides is 2. The monoisotopic (exact) mass is 332 g/mol. The third-order valence-corrected chi connectivity index (χ3v) is 4.76. The first-order valence-corrected chi connectivity index (χ1v) is 7.04. The number of ether oxygens (including phenoxy) is 1. The lowest BCUT2D eigenvalue weighted by atomic mass is 10.2. The summed E-state index contributed by atoms with van der Waals surface area (Å²) >= 11 is 13.5. The van der Waals surface area contributed by atoms with Crippen molar-refractivity contribution < 1.29 is 14.3 Å². The Hall–Kier alpha value is -1.50. The number of halogens is 2. The van der Waals surface area contributed by atoms with Gasteiger partial charge in [0.05, 0.1) is 23.4 Å². The minimum atomic E-state index is -0.629. The number of carbonyl (C=O) groups excluding carboxylic acids is 2. The van der Waals surface area contributed by atoms with Gasteiger partial charge in [0, 0.05) is 5.39 Å². The number of nitrogens with one attached hydrogen (secondary N) is 1. The van der Waals surface area contributed by atoms with E-state index in [-0.39, 0.29) is 16.4 Å². The fraction of sp³-hybridized carbons (Fsp3) is 0.167. The zero-order valence-corrected chi connectivity index (χ0v) is 12.7. The van der Waals surface area contributed by atoms with E-state index in [9.17, 15) is 9.59 Å². The van der Waals surface area contributed by atoms with Crippen LogP contribution in [0.15, 0.2) is 12.1 Å². The Bertz CT molecular complexity index is 700. The number of nitrogens with two attached hydrogens (primary N) is 1. The Kier molecular flexibility index (Phi) is 4.37. The van der Waals surface area contributed by atoms with E-state index in [4.69, 9.17) is 33.7 Å². The van der Waals surface area contributed by atoms with Crippen LogP contribution < -0.4 is 15.8 Å². The second kappa shape index (κ2) is 5.87. The Morgan fingerprint density at radius 3 is 2.65 bits per heavy atom. The number of hydrogen-bond acceptors (Lipinski definition) is 4. The summed E-state index contributed by atoms with van der Waals surface area (Å²) < 4.78 is 5.76. The molecule has 5 nitrogen and oxygen atoms in total. The van der Waals surface area contributed by atoms with Gasteiger partial charge in [-0.25, -0.2) is 0 Å². The fourth-order valence-corrected chi connectivity index (χ4v) is 3.44. The number of carbonyl (C=O) groups is 2. The number of fused-ring (bicyclic) bond motifs is 1. The molecule has 2 rings (SSSR count). The molecular weight excluding hydrogens is 323 g/mol. The summed E-state index contributed by atoms with van der Waals surface area (Å²) in [7, 11) is 1.50. The second-order valence-electron chi connectivity index (χ2n) is 3.85. The van der Waals surface area contributed by atoms with Crippen LogP contribution in [0.1, 0.15) is 9.67 Å². The van der Waals surface area contributed by atoms with E-state index < -0.39 is 11.8 Å². The van der Waals surface area contributed by atoms with Crippen molar-refractivity contribution in [2.45, 2.75) is 0 Å². The predicted octanol–water partition coefficient (Wildman–Crippen LogP) is 2.43. The molecule has 0 radical (unpaired) electrons. The first-order valence-electron chi connectivity index (χ1n) is 5.46. The Morgan fingerprint density at radius 1 is 1.35 bits per heavy atom. The number of primary amides is 1. The highest BCUT2D eigenvalue weighted by Gasteiger charge is 2.20. The van der Waals surface area contributed by atoms with Crippen molar-refractivity contribution in [2.24, 2.45) is 5.73 Å². The zero-order valence-electron chi connectivity index (χ0n) is 10.3. The van der Waals surface area contributed by atoms with Crippen LogP contribution in [0.2, 0.25) is 10.0 Å².